The Balaban J connectivity index is 1.68. The zero-order chi connectivity index (χ0) is 11.9. The molecule has 0 bridgehead atoms. The summed E-state index contributed by atoms with van der Waals surface area (Å²) in [7, 11) is 0. The lowest BCUT2D eigenvalue weighted by Crippen LogP contribution is -2.31. The largest absolute Gasteiger partial charge is 0.309 e. The van der Waals surface area contributed by atoms with Gasteiger partial charge in [-0.1, -0.05) is 11.6 Å². The summed E-state index contributed by atoms with van der Waals surface area (Å²) < 4.78 is 1.51. The monoisotopic (exact) mass is 287 g/mol. The number of nitrogens with one attached hydrogen (secondary N) is 1. The number of thioether (sulfide) groups is 1. The van der Waals surface area contributed by atoms with Crippen molar-refractivity contribution < 1.29 is 0 Å². The van der Waals surface area contributed by atoms with Gasteiger partial charge in [-0.25, -0.2) is 0 Å². The van der Waals surface area contributed by atoms with Crippen LogP contribution in [0.2, 0.25) is 4.34 Å². The molecule has 1 heterocycles. The maximum atomic E-state index is 6.13. The zero-order valence-electron chi connectivity index (χ0n) is 10.1. The summed E-state index contributed by atoms with van der Waals surface area (Å²) >= 11 is 9.93. The first-order valence-corrected chi connectivity index (χ1v) is 8.71. The van der Waals surface area contributed by atoms with Crippen LogP contribution in [0.15, 0.2) is 6.07 Å². The van der Waals surface area contributed by atoms with E-state index < -0.39 is 0 Å². The van der Waals surface area contributed by atoms with Gasteiger partial charge in [-0.05, 0) is 50.0 Å². The molecule has 0 spiro atoms. The summed E-state index contributed by atoms with van der Waals surface area (Å²) in [5, 5.41) is 3.77. The van der Waals surface area contributed by atoms with Gasteiger partial charge in [0.05, 0.1) is 4.34 Å². The average molecular weight is 288 g/mol. The van der Waals surface area contributed by atoms with Crippen LogP contribution < -0.4 is 5.32 Å². The maximum Gasteiger partial charge on any atom is 0.0934 e. The van der Waals surface area contributed by atoms with Crippen LogP contribution in [0.25, 0.3) is 0 Å². The van der Waals surface area contributed by atoms with Gasteiger partial charge in [-0.2, -0.15) is 11.8 Å². The van der Waals surface area contributed by atoms with Crippen LogP contribution in [0.4, 0.5) is 0 Å². The molecule has 1 aromatic heterocycles. The van der Waals surface area contributed by atoms with Crippen LogP contribution in [0.3, 0.4) is 0 Å². The Bertz CT molecular complexity index is 412. The highest BCUT2D eigenvalue weighted by Crippen LogP contribution is 2.47. The summed E-state index contributed by atoms with van der Waals surface area (Å²) in [4.78, 5) is 1.51. The van der Waals surface area contributed by atoms with Gasteiger partial charge in [0.15, 0.2) is 0 Å². The lowest BCUT2D eigenvalue weighted by atomic mass is 9.94. The number of thiophene rings is 1. The fourth-order valence-corrected chi connectivity index (χ4v) is 4.76. The first-order valence-electron chi connectivity index (χ1n) is 6.29. The second-order valence-electron chi connectivity index (χ2n) is 5.14. The first-order chi connectivity index (χ1) is 8.22. The Labute approximate surface area is 116 Å². The molecular weight excluding hydrogens is 270 g/mol. The Morgan fingerprint density at radius 2 is 2.41 bits per heavy atom. The zero-order valence-corrected chi connectivity index (χ0v) is 12.5. The van der Waals surface area contributed by atoms with Crippen LogP contribution in [0.5, 0.6) is 0 Å². The fraction of sp³-hybridized carbons (Fsp3) is 0.692. The standard InChI is InChI=1S/C13H18ClNS2/c1-16-13(5-6-13)8-15-10-3-2-4-11-9(10)7-12(14)17-11/h7,10,15H,2-6,8H2,1H3. The Morgan fingerprint density at radius 1 is 1.59 bits per heavy atom. The van der Waals surface area contributed by atoms with Crippen LogP contribution >= 0.6 is 34.7 Å². The van der Waals surface area contributed by atoms with Gasteiger partial charge in [0.1, 0.15) is 0 Å². The van der Waals surface area contributed by atoms with E-state index >= 15 is 0 Å². The van der Waals surface area contributed by atoms with Crippen LogP contribution in [-0.4, -0.2) is 17.5 Å². The second kappa shape index (κ2) is 4.76. The number of hydrogen-bond donors (Lipinski definition) is 1. The van der Waals surface area contributed by atoms with Crippen molar-refractivity contribution in [3.8, 4) is 0 Å². The molecular formula is C13H18ClNS2. The molecule has 1 N–H and O–H groups in total. The lowest BCUT2D eigenvalue weighted by Gasteiger charge is -2.25. The molecule has 0 aliphatic heterocycles. The van der Waals surface area contributed by atoms with Gasteiger partial charge in [0.25, 0.3) is 0 Å². The van der Waals surface area contributed by atoms with E-state index in [0.717, 1.165) is 10.9 Å². The SMILES string of the molecule is CSC1(CNC2CCCc3sc(Cl)cc32)CC1. The van der Waals surface area contributed by atoms with Gasteiger partial charge in [-0.15, -0.1) is 11.3 Å². The van der Waals surface area contributed by atoms with Crippen molar-refractivity contribution in [2.24, 2.45) is 0 Å². The van der Waals surface area contributed by atoms with Crippen molar-refractivity contribution in [2.75, 3.05) is 12.8 Å². The summed E-state index contributed by atoms with van der Waals surface area (Å²) in [6.45, 7) is 1.16. The van der Waals surface area contributed by atoms with Gasteiger partial charge in [-0.3, -0.25) is 0 Å². The van der Waals surface area contributed by atoms with E-state index in [0.29, 0.717) is 10.8 Å². The molecule has 1 aromatic rings. The van der Waals surface area contributed by atoms with Gasteiger partial charge >= 0.3 is 0 Å². The molecule has 1 saturated carbocycles. The number of fused-ring (bicyclic) bond motifs is 1. The van der Waals surface area contributed by atoms with E-state index in [2.05, 4.69) is 17.6 Å². The molecule has 1 nitrogen and oxygen atoms in total. The molecule has 3 rings (SSSR count). The third-order valence-electron chi connectivity index (χ3n) is 4.00. The average Bonchev–Trinajstić information content (AvgIpc) is 3.01. The number of halogens is 1. The third kappa shape index (κ3) is 2.53. The third-order valence-corrected chi connectivity index (χ3v) is 6.75. The summed E-state index contributed by atoms with van der Waals surface area (Å²) in [5.74, 6) is 0. The van der Waals surface area contributed by atoms with Gasteiger partial charge in [0, 0.05) is 22.2 Å². The quantitative estimate of drug-likeness (QED) is 0.888. The van der Waals surface area contributed by atoms with Crippen molar-refractivity contribution in [3.05, 3.63) is 20.8 Å². The van der Waals surface area contributed by atoms with E-state index in [-0.39, 0.29) is 0 Å². The van der Waals surface area contributed by atoms with E-state index in [1.807, 2.05) is 11.8 Å². The molecule has 2 aliphatic carbocycles. The predicted octanol–water partition coefficient (Wildman–Crippen LogP) is 4.26. The fourth-order valence-electron chi connectivity index (χ4n) is 2.64. The van der Waals surface area contributed by atoms with Gasteiger partial charge in [0.2, 0.25) is 0 Å². The molecule has 1 atom stereocenters. The normalized spacial score (nSPS) is 25.6. The molecule has 0 radical (unpaired) electrons. The van der Waals surface area contributed by atoms with Crippen molar-refractivity contribution >= 4 is 34.7 Å². The molecule has 0 saturated heterocycles. The molecule has 94 valence electrons. The summed E-state index contributed by atoms with van der Waals surface area (Å²) in [5.41, 5.74) is 1.48. The summed E-state index contributed by atoms with van der Waals surface area (Å²) in [6.07, 6.45) is 8.79. The number of hydrogen-bond acceptors (Lipinski definition) is 3. The Kier molecular flexibility index (Phi) is 3.46. The minimum atomic E-state index is 0.548. The van der Waals surface area contributed by atoms with Crippen LogP contribution in [0.1, 0.15) is 42.2 Å². The number of rotatable bonds is 4. The van der Waals surface area contributed by atoms with E-state index in [1.165, 1.54) is 42.5 Å². The molecule has 2 aliphatic rings. The smallest absolute Gasteiger partial charge is 0.0934 e. The molecule has 0 aromatic carbocycles. The highest BCUT2D eigenvalue weighted by Gasteiger charge is 2.42. The Morgan fingerprint density at radius 3 is 3.12 bits per heavy atom. The molecule has 4 heteroatoms. The summed E-state index contributed by atoms with van der Waals surface area (Å²) in [6, 6.07) is 2.73. The second-order valence-corrected chi connectivity index (χ2v) is 8.18. The van der Waals surface area contributed by atoms with Crippen molar-refractivity contribution in [1.29, 1.82) is 0 Å². The van der Waals surface area contributed by atoms with Crippen molar-refractivity contribution in [1.82, 2.24) is 5.32 Å². The van der Waals surface area contributed by atoms with Crippen molar-refractivity contribution in [2.45, 2.75) is 42.9 Å². The van der Waals surface area contributed by atoms with Crippen LogP contribution in [-0.2, 0) is 6.42 Å². The van der Waals surface area contributed by atoms with E-state index in [1.54, 1.807) is 11.3 Å². The first kappa shape index (κ1) is 12.3. The van der Waals surface area contributed by atoms with E-state index in [9.17, 15) is 0 Å². The predicted molar refractivity (Wildman–Crippen MR) is 78.5 cm³/mol. The minimum Gasteiger partial charge on any atom is -0.309 e. The maximum absolute atomic E-state index is 6.13. The van der Waals surface area contributed by atoms with Gasteiger partial charge < -0.3 is 5.32 Å². The highest BCUT2D eigenvalue weighted by atomic mass is 35.5. The molecule has 17 heavy (non-hydrogen) atoms. The molecule has 0 amide bonds. The minimum absolute atomic E-state index is 0.548. The molecule has 1 fully saturated rings. The lowest BCUT2D eigenvalue weighted by molar-refractivity contribution is 0.461. The van der Waals surface area contributed by atoms with E-state index in [4.69, 9.17) is 11.6 Å². The molecule has 1 unspecified atom stereocenters. The van der Waals surface area contributed by atoms with Crippen LogP contribution in [0, 0.1) is 0 Å². The number of aryl methyl sites for hydroxylation is 1. The van der Waals surface area contributed by atoms with Crippen molar-refractivity contribution in [3.63, 3.8) is 0 Å². The Hall–Kier alpha value is 0.300. The highest BCUT2D eigenvalue weighted by molar-refractivity contribution is 8.00. The topological polar surface area (TPSA) is 12.0 Å².